The summed E-state index contributed by atoms with van der Waals surface area (Å²) in [6.45, 7) is 4.99. The molecule has 1 atom stereocenters. The highest BCUT2D eigenvalue weighted by Gasteiger charge is 2.05. The first-order valence-electron chi connectivity index (χ1n) is 5.86. The van der Waals surface area contributed by atoms with Crippen molar-refractivity contribution >= 4 is 0 Å². The Labute approximate surface area is 97.4 Å². The van der Waals surface area contributed by atoms with Crippen LogP contribution in [0.1, 0.15) is 25.0 Å². The fourth-order valence-corrected chi connectivity index (χ4v) is 1.41. The summed E-state index contributed by atoms with van der Waals surface area (Å²) in [6.07, 6.45) is 0.611. The number of aliphatic hydroxyl groups excluding tert-OH is 1. The van der Waals surface area contributed by atoms with Gasteiger partial charge in [-0.1, -0.05) is 37.3 Å². The molecule has 0 amide bonds. The van der Waals surface area contributed by atoms with Crippen molar-refractivity contribution in [2.75, 3.05) is 26.3 Å². The van der Waals surface area contributed by atoms with Gasteiger partial charge >= 0.3 is 0 Å². The fourth-order valence-electron chi connectivity index (χ4n) is 1.41. The summed E-state index contributed by atoms with van der Waals surface area (Å²) in [4.78, 5) is 0. The molecular weight excluding hydrogens is 202 g/mol. The number of ether oxygens (including phenoxy) is 1. The molecule has 1 unspecified atom stereocenters. The number of hydrogen-bond acceptors (Lipinski definition) is 3. The molecule has 1 aromatic carbocycles. The molecule has 1 rings (SSSR count). The molecule has 16 heavy (non-hydrogen) atoms. The van der Waals surface area contributed by atoms with E-state index in [1.807, 2.05) is 30.3 Å². The van der Waals surface area contributed by atoms with Gasteiger partial charge in [-0.3, -0.25) is 0 Å². The summed E-state index contributed by atoms with van der Waals surface area (Å²) in [5.74, 6) is 0. The van der Waals surface area contributed by atoms with E-state index in [0.29, 0.717) is 13.2 Å². The van der Waals surface area contributed by atoms with Crippen LogP contribution < -0.4 is 5.32 Å². The average molecular weight is 223 g/mol. The van der Waals surface area contributed by atoms with E-state index in [1.165, 1.54) is 0 Å². The highest BCUT2D eigenvalue weighted by molar-refractivity contribution is 5.17. The molecule has 0 aromatic heterocycles. The number of hydrogen-bond donors (Lipinski definition) is 2. The molecule has 0 aliphatic carbocycles. The number of benzene rings is 1. The van der Waals surface area contributed by atoms with Crippen molar-refractivity contribution < 1.29 is 9.84 Å². The van der Waals surface area contributed by atoms with Crippen molar-refractivity contribution in [1.82, 2.24) is 5.32 Å². The van der Waals surface area contributed by atoms with Crippen LogP contribution in [0, 0.1) is 0 Å². The minimum Gasteiger partial charge on any atom is -0.386 e. The lowest BCUT2D eigenvalue weighted by Crippen LogP contribution is -2.21. The second kappa shape index (κ2) is 8.28. The highest BCUT2D eigenvalue weighted by Crippen LogP contribution is 2.11. The largest absolute Gasteiger partial charge is 0.386 e. The van der Waals surface area contributed by atoms with Gasteiger partial charge in [-0.2, -0.15) is 0 Å². The second-order valence-electron chi connectivity index (χ2n) is 3.75. The zero-order valence-corrected chi connectivity index (χ0v) is 9.86. The van der Waals surface area contributed by atoms with E-state index < -0.39 is 6.10 Å². The maximum atomic E-state index is 9.78. The maximum absolute atomic E-state index is 9.78. The molecule has 0 heterocycles. The molecule has 0 aliphatic rings. The molecule has 0 saturated carbocycles. The van der Waals surface area contributed by atoms with E-state index in [0.717, 1.165) is 25.1 Å². The van der Waals surface area contributed by atoms with Gasteiger partial charge < -0.3 is 15.2 Å². The maximum Gasteiger partial charge on any atom is 0.102 e. The summed E-state index contributed by atoms with van der Waals surface area (Å²) in [6, 6.07) is 9.58. The molecule has 0 saturated heterocycles. The number of rotatable bonds is 8. The smallest absolute Gasteiger partial charge is 0.102 e. The van der Waals surface area contributed by atoms with E-state index in [-0.39, 0.29) is 0 Å². The summed E-state index contributed by atoms with van der Waals surface area (Å²) in [7, 11) is 0. The summed E-state index contributed by atoms with van der Waals surface area (Å²) in [5, 5.41) is 13.0. The first-order chi connectivity index (χ1) is 7.84. The Morgan fingerprint density at radius 1 is 1.25 bits per heavy atom. The lowest BCUT2D eigenvalue weighted by molar-refractivity contribution is 0.0374. The van der Waals surface area contributed by atoms with Crippen LogP contribution >= 0.6 is 0 Å². The number of aliphatic hydroxyl groups is 1. The van der Waals surface area contributed by atoms with Crippen molar-refractivity contribution in [1.29, 1.82) is 0 Å². The van der Waals surface area contributed by atoms with Crippen LogP contribution in [0.3, 0.4) is 0 Å². The van der Waals surface area contributed by atoms with Crippen LogP contribution in [-0.4, -0.2) is 31.4 Å². The molecule has 3 heteroatoms. The molecule has 0 fully saturated rings. The molecule has 0 bridgehead atoms. The fraction of sp³-hybridized carbons (Fsp3) is 0.538. The van der Waals surface area contributed by atoms with Crippen molar-refractivity contribution in [2.45, 2.75) is 19.4 Å². The Hall–Kier alpha value is -0.900. The van der Waals surface area contributed by atoms with Gasteiger partial charge in [0.1, 0.15) is 6.10 Å². The minimum atomic E-state index is -0.521. The molecule has 0 aliphatic heterocycles. The highest BCUT2D eigenvalue weighted by atomic mass is 16.5. The van der Waals surface area contributed by atoms with Crippen molar-refractivity contribution in [3.05, 3.63) is 35.9 Å². The minimum absolute atomic E-state index is 0.359. The third-order valence-corrected chi connectivity index (χ3v) is 2.31. The topological polar surface area (TPSA) is 41.5 Å². The van der Waals surface area contributed by atoms with Gasteiger partial charge in [0, 0.05) is 6.54 Å². The monoisotopic (exact) mass is 223 g/mol. The van der Waals surface area contributed by atoms with Crippen molar-refractivity contribution in [3.8, 4) is 0 Å². The van der Waals surface area contributed by atoms with Gasteiger partial charge in [0.2, 0.25) is 0 Å². The van der Waals surface area contributed by atoms with Crippen LogP contribution in [0.25, 0.3) is 0 Å². The second-order valence-corrected chi connectivity index (χ2v) is 3.75. The van der Waals surface area contributed by atoms with Gasteiger partial charge in [-0.05, 0) is 18.5 Å². The predicted molar refractivity (Wildman–Crippen MR) is 65.4 cm³/mol. The molecule has 0 spiro atoms. The summed E-state index contributed by atoms with van der Waals surface area (Å²) in [5.41, 5.74) is 0.906. The van der Waals surface area contributed by atoms with E-state index in [4.69, 9.17) is 4.74 Å². The summed E-state index contributed by atoms with van der Waals surface area (Å²) >= 11 is 0. The van der Waals surface area contributed by atoms with Gasteiger partial charge in [-0.15, -0.1) is 0 Å². The Kier molecular flexibility index (Phi) is 6.81. The van der Waals surface area contributed by atoms with Gasteiger partial charge in [0.05, 0.1) is 13.2 Å². The molecule has 1 aromatic rings. The Bertz CT molecular complexity index is 264. The van der Waals surface area contributed by atoms with Crippen LogP contribution in [0.15, 0.2) is 30.3 Å². The molecule has 2 N–H and O–H groups in total. The molecular formula is C13H21NO2. The first-order valence-corrected chi connectivity index (χ1v) is 5.86. The van der Waals surface area contributed by atoms with E-state index >= 15 is 0 Å². The normalized spacial score (nSPS) is 12.6. The van der Waals surface area contributed by atoms with Crippen molar-refractivity contribution in [2.24, 2.45) is 0 Å². The SMILES string of the molecule is CCCNCCOCC(O)c1ccccc1. The van der Waals surface area contributed by atoms with Gasteiger partial charge in [-0.25, -0.2) is 0 Å². The quantitative estimate of drug-likeness (QED) is 0.660. The molecule has 90 valence electrons. The number of nitrogens with one attached hydrogen (secondary N) is 1. The van der Waals surface area contributed by atoms with Crippen LogP contribution in [-0.2, 0) is 4.74 Å². The summed E-state index contributed by atoms with van der Waals surface area (Å²) < 4.78 is 5.38. The molecule has 3 nitrogen and oxygen atoms in total. The lowest BCUT2D eigenvalue weighted by Gasteiger charge is -2.11. The predicted octanol–water partition coefficient (Wildman–Crippen LogP) is 1.74. The van der Waals surface area contributed by atoms with Crippen molar-refractivity contribution in [3.63, 3.8) is 0 Å². The average Bonchev–Trinajstić information content (AvgIpc) is 2.34. The lowest BCUT2D eigenvalue weighted by atomic mass is 10.1. The van der Waals surface area contributed by atoms with E-state index in [2.05, 4.69) is 12.2 Å². The van der Waals surface area contributed by atoms with E-state index in [9.17, 15) is 5.11 Å². The Morgan fingerprint density at radius 3 is 2.69 bits per heavy atom. The zero-order chi connectivity index (χ0) is 11.6. The van der Waals surface area contributed by atoms with Crippen LogP contribution in [0.4, 0.5) is 0 Å². The Balaban J connectivity index is 2.09. The van der Waals surface area contributed by atoms with Gasteiger partial charge in [0.25, 0.3) is 0 Å². The third-order valence-electron chi connectivity index (χ3n) is 2.31. The first kappa shape index (κ1) is 13.2. The third kappa shape index (κ3) is 5.26. The van der Waals surface area contributed by atoms with Crippen LogP contribution in [0.2, 0.25) is 0 Å². The van der Waals surface area contributed by atoms with E-state index in [1.54, 1.807) is 0 Å². The zero-order valence-electron chi connectivity index (χ0n) is 9.86. The van der Waals surface area contributed by atoms with Crippen LogP contribution in [0.5, 0.6) is 0 Å². The standard InChI is InChI=1S/C13H21NO2/c1-2-8-14-9-10-16-11-13(15)12-6-4-3-5-7-12/h3-7,13-15H,2,8-11H2,1H3. The van der Waals surface area contributed by atoms with Gasteiger partial charge in [0.15, 0.2) is 0 Å². The molecule has 0 radical (unpaired) electrons. The Morgan fingerprint density at radius 2 is 2.00 bits per heavy atom.